The van der Waals surface area contributed by atoms with Gasteiger partial charge in [-0.2, -0.15) is 0 Å². The monoisotopic (exact) mass is 227 g/mol. The van der Waals surface area contributed by atoms with Crippen LogP contribution in [0.1, 0.15) is 1.43 Å². The van der Waals surface area contributed by atoms with Crippen molar-refractivity contribution in [2.45, 2.75) is 0 Å². The van der Waals surface area contributed by atoms with Crippen molar-refractivity contribution in [3.8, 4) is 0 Å². The molecule has 0 atom stereocenters. The molecule has 0 aromatic heterocycles. The minimum Gasteiger partial charge on any atom is -0.376 e. The van der Waals surface area contributed by atoms with Crippen LogP contribution in [0.4, 0.5) is 0 Å². The fourth-order valence-corrected chi connectivity index (χ4v) is 3.49. The van der Waals surface area contributed by atoms with E-state index in [1.165, 1.54) is 52.4 Å². The van der Waals surface area contributed by atoms with Gasteiger partial charge in [-0.25, -0.2) is 0 Å². The summed E-state index contributed by atoms with van der Waals surface area (Å²) < 4.78 is 5.34. The Hall–Kier alpha value is 0.372. The Bertz CT molecular complexity index is 171. The lowest BCUT2D eigenvalue weighted by Crippen LogP contribution is -2.55. The SMILES string of the molecule is CN1CC[N]([Al][N]2CCN(C)CC2)CC1.[HH]. The smallest absolute Gasteiger partial charge is 0.376 e. The van der Waals surface area contributed by atoms with Crippen molar-refractivity contribution in [3.63, 3.8) is 0 Å². The molecule has 0 amide bonds. The first-order valence-electron chi connectivity index (χ1n) is 5.94. The van der Waals surface area contributed by atoms with Gasteiger partial charge >= 0.3 is 15.7 Å². The summed E-state index contributed by atoms with van der Waals surface area (Å²) in [6.07, 6.45) is 0. The molecule has 0 unspecified atom stereocenters. The van der Waals surface area contributed by atoms with E-state index in [2.05, 4.69) is 31.7 Å². The Balaban J connectivity index is 0.00000128. The second-order valence-corrected chi connectivity index (χ2v) is 6.49. The van der Waals surface area contributed by atoms with Crippen LogP contribution in [0.3, 0.4) is 0 Å². The Morgan fingerprint density at radius 2 is 1.00 bits per heavy atom. The first-order chi connectivity index (χ1) is 7.24. The maximum absolute atomic E-state index is 2.67. The topological polar surface area (TPSA) is 13.0 Å². The van der Waals surface area contributed by atoms with Crippen molar-refractivity contribution in [2.75, 3.05) is 66.5 Å². The average molecular weight is 227 g/mol. The van der Waals surface area contributed by atoms with E-state index in [4.69, 9.17) is 0 Å². The molecule has 2 saturated heterocycles. The van der Waals surface area contributed by atoms with Crippen molar-refractivity contribution in [1.29, 1.82) is 0 Å². The van der Waals surface area contributed by atoms with E-state index in [9.17, 15) is 0 Å². The third-order valence-electron chi connectivity index (χ3n) is 3.40. The molecule has 5 heteroatoms. The molecule has 0 aliphatic carbocycles. The second kappa shape index (κ2) is 5.63. The van der Waals surface area contributed by atoms with E-state index in [1.54, 1.807) is 0 Å². The Morgan fingerprint density at radius 3 is 1.33 bits per heavy atom. The lowest BCUT2D eigenvalue weighted by atomic mass is 10.4. The van der Waals surface area contributed by atoms with Crippen molar-refractivity contribution >= 4 is 15.7 Å². The lowest BCUT2D eigenvalue weighted by Gasteiger charge is -2.38. The van der Waals surface area contributed by atoms with E-state index in [-0.39, 0.29) is 1.43 Å². The Kier molecular flexibility index (Phi) is 4.44. The minimum atomic E-state index is 0. The summed E-state index contributed by atoms with van der Waals surface area (Å²) in [6, 6.07) is 0. The van der Waals surface area contributed by atoms with Crippen molar-refractivity contribution < 1.29 is 1.43 Å². The standard InChI is InChI=1S/2C5H11N2.Al.H2/c2*1-7-4-2-6-3-5-7;;/h2*2-5H2,1H3;;1H/q2*-1;+2;. The number of hydrogen-bond donors (Lipinski definition) is 0. The molecule has 0 saturated carbocycles. The molecule has 0 aromatic rings. The van der Waals surface area contributed by atoms with E-state index < -0.39 is 0 Å². The number of piperazine rings is 2. The summed E-state index contributed by atoms with van der Waals surface area (Å²) >= 11 is 0.406. The van der Waals surface area contributed by atoms with Gasteiger partial charge in [0.25, 0.3) is 0 Å². The molecule has 0 bridgehead atoms. The van der Waals surface area contributed by atoms with E-state index in [0.717, 1.165) is 0 Å². The summed E-state index contributed by atoms with van der Waals surface area (Å²) in [6.45, 7) is 10.1. The maximum atomic E-state index is 2.67. The van der Waals surface area contributed by atoms with E-state index in [1.807, 2.05) is 0 Å². The molecule has 15 heavy (non-hydrogen) atoms. The molecule has 87 valence electrons. The van der Waals surface area contributed by atoms with Gasteiger partial charge in [-0.15, -0.1) is 0 Å². The van der Waals surface area contributed by atoms with E-state index in [0.29, 0.717) is 15.7 Å². The zero-order chi connectivity index (χ0) is 10.7. The molecule has 2 aliphatic heterocycles. The molecular formula is C10H24AlN4. The lowest BCUT2D eigenvalue weighted by molar-refractivity contribution is 0.188. The molecule has 2 fully saturated rings. The van der Waals surface area contributed by atoms with Crippen LogP contribution in [0.5, 0.6) is 0 Å². The predicted molar refractivity (Wildman–Crippen MR) is 66.0 cm³/mol. The Labute approximate surface area is 101 Å². The number of nitrogens with zero attached hydrogens (tertiary/aromatic N) is 4. The highest BCUT2D eigenvalue weighted by Crippen LogP contribution is 2.02. The van der Waals surface area contributed by atoms with Gasteiger partial charge in [0, 0.05) is 27.6 Å². The molecule has 0 N–H and O–H groups in total. The molecule has 2 aliphatic rings. The first kappa shape index (κ1) is 11.8. The van der Waals surface area contributed by atoms with Crippen LogP contribution in [-0.2, 0) is 0 Å². The van der Waals surface area contributed by atoms with Crippen LogP contribution in [0.25, 0.3) is 0 Å². The number of rotatable bonds is 2. The molecule has 2 rings (SSSR count). The largest absolute Gasteiger partial charge is 0.455 e. The number of hydrogen-bond acceptors (Lipinski definition) is 4. The van der Waals surface area contributed by atoms with Gasteiger partial charge in [-0.3, -0.25) is 0 Å². The van der Waals surface area contributed by atoms with Crippen LogP contribution in [-0.4, -0.2) is 99.7 Å². The summed E-state index contributed by atoms with van der Waals surface area (Å²) in [5.41, 5.74) is 0. The fourth-order valence-electron chi connectivity index (χ4n) is 2.11. The van der Waals surface area contributed by atoms with Gasteiger partial charge in [0.15, 0.2) is 0 Å². The van der Waals surface area contributed by atoms with Crippen LogP contribution >= 0.6 is 0 Å². The quantitative estimate of drug-likeness (QED) is 0.576. The zero-order valence-corrected chi connectivity index (χ0v) is 11.2. The van der Waals surface area contributed by atoms with Gasteiger partial charge in [0.05, 0.1) is 0 Å². The second-order valence-electron chi connectivity index (χ2n) is 4.79. The summed E-state index contributed by atoms with van der Waals surface area (Å²) in [5, 5.41) is 0. The molecule has 4 nitrogen and oxygen atoms in total. The van der Waals surface area contributed by atoms with Crippen LogP contribution in [0.15, 0.2) is 0 Å². The third-order valence-corrected chi connectivity index (χ3v) is 5.09. The highest BCUT2D eigenvalue weighted by atomic mass is 27.1. The van der Waals surface area contributed by atoms with Gasteiger partial charge in [-0.05, 0) is 40.3 Å². The molecule has 2 heterocycles. The molecule has 1 radical (unpaired) electrons. The highest BCUT2D eigenvalue weighted by Gasteiger charge is 2.21. The maximum Gasteiger partial charge on any atom is 0.455 e. The van der Waals surface area contributed by atoms with Crippen molar-refractivity contribution in [2.24, 2.45) is 0 Å². The predicted octanol–water partition coefficient (Wildman–Crippen LogP) is -0.739. The summed E-state index contributed by atoms with van der Waals surface area (Å²) in [7, 11) is 4.45. The molecular weight excluding hydrogens is 203 g/mol. The average Bonchev–Trinajstić information content (AvgIpc) is 2.25. The van der Waals surface area contributed by atoms with Crippen molar-refractivity contribution in [3.05, 3.63) is 0 Å². The van der Waals surface area contributed by atoms with Gasteiger partial charge in [-0.1, -0.05) is 0 Å². The van der Waals surface area contributed by atoms with Gasteiger partial charge in [0.1, 0.15) is 0 Å². The van der Waals surface area contributed by atoms with Crippen LogP contribution in [0.2, 0.25) is 0 Å². The van der Waals surface area contributed by atoms with Crippen molar-refractivity contribution in [1.82, 2.24) is 17.6 Å². The Morgan fingerprint density at radius 1 is 0.667 bits per heavy atom. The minimum absolute atomic E-state index is 0. The number of likely N-dealkylation sites (N-methyl/N-ethyl adjacent to an activating group) is 2. The van der Waals surface area contributed by atoms with Crippen LogP contribution in [0, 0.1) is 0 Å². The first-order valence-corrected chi connectivity index (χ1v) is 6.97. The van der Waals surface area contributed by atoms with E-state index >= 15 is 0 Å². The van der Waals surface area contributed by atoms with Gasteiger partial charge in [0.2, 0.25) is 0 Å². The summed E-state index contributed by atoms with van der Waals surface area (Å²) in [5.74, 6) is 0. The zero-order valence-electron chi connectivity index (χ0n) is 10.0. The fraction of sp³-hybridized carbons (Fsp3) is 1.00. The third kappa shape index (κ3) is 3.70. The molecule has 0 spiro atoms. The van der Waals surface area contributed by atoms with Gasteiger partial charge < -0.3 is 17.6 Å². The van der Waals surface area contributed by atoms with Crippen LogP contribution < -0.4 is 0 Å². The normalized spacial score (nSPS) is 28.1. The molecule has 0 aromatic carbocycles. The summed E-state index contributed by atoms with van der Waals surface area (Å²) in [4.78, 5) is 4.86. The highest BCUT2D eigenvalue weighted by molar-refractivity contribution is 6.28.